The van der Waals surface area contributed by atoms with E-state index >= 15 is 0 Å². The van der Waals surface area contributed by atoms with Crippen LogP contribution in [0.1, 0.15) is 29.4 Å². The van der Waals surface area contributed by atoms with Crippen molar-refractivity contribution < 1.29 is 14.3 Å². The van der Waals surface area contributed by atoms with Gasteiger partial charge in [-0.05, 0) is 57.7 Å². The van der Waals surface area contributed by atoms with Crippen LogP contribution in [0.2, 0.25) is 0 Å². The zero-order valence-corrected chi connectivity index (χ0v) is 14.3. The maximum absolute atomic E-state index is 12.4. The molecule has 2 rings (SSSR count). The number of thiophene rings is 1. The van der Waals surface area contributed by atoms with Gasteiger partial charge < -0.3 is 9.64 Å². The zero-order valence-electron chi connectivity index (χ0n) is 10.3. The van der Waals surface area contributed by atoms with Gasteiger partial charge in [-0.25, -0.2) is 0 Å². The predicted octanol–water partition coefficient (Wildman–Crippen LogP) is 3.44. The number of carbonyl (C=O) groups is 2. The number of halogens is 2. The third-order valence-corrected chi connectivity index (χ3v) is 5.95. The predicted molar refractivity (Wildman–Crippen MR) is 80.4 cm³/mol. The second-order valence-electron chi connectivity index (χ2n) is 4.20. The maximum atomic E-state index is 12.4. The fraction of sp³-hybridized carbons (Fsp3) is 0.500. The summed E-state index contributed by atoms with van der Waals surface area (Å²) >= 11 is 8.10. The molecule has 104 valence electrons. The quantitative estimate of drug-likeness (QED) is 0.698. The van der Waals surface area contributed by atoms with Gasteiger partial charge in [-0.3, -0.25) is 9.59 Å². The molecule has 0 unspecified atom stereocenters. The summed E-state index contributed by atoms with van der Waals surface area (Å²) < 4.78 is 6.65. The molecule has 0 bridgehead atoms. The minimum Gasteiger partial charge on any atom is -0.465 e. The van der Waals surface area contributed by atoms with Gasteiger partial charge in [-0.1, -0.05) is 0 Å². The molecule has 1 amide bonds. The molecule has 7 heteroatoms. The Morgan fingerprint density at radius 1 is 1.47 bits per heavy atom. The molecule has 1 aromatic heterocycles. The first-order valence-corrected chi connectivity index (χ1v) is 8.34. The van der Waals surface area contributed by atoms with Gasteiger partial charge in [0, 0.05) is 10.5 Å². The van der Waals surface area contributed by atoms with E-state index < -0.39 is 0 Å². The number of ether oxygens (including phenoxy) is 1. The highest BCUT2D eigenvalue weighted by molar-refractivity contribution is 9.13. The first-order chi connectivity index (χ1) is 9.02. The molecule has 19 heavy (non-hydrogen) atoms. The van der Waals surface area contributed by atoms with Crippen LogP contribution in [0.15, 0.2) is 14.3 Å². The van der Waals surface area contributed by atoms with Gasteiger partial charge in [0.25, 0.3) is 5.91 Å². The summed E-state index contributed by atoms with van der Waals surface area (Å²) in [5.41, 5.74) is 0. The van der Waals surface area contributed by atoms with E-state index in [0.29, 0.717) is 11.5 Å². The van der Waals surface area contributed by atoms with E-state index in [9.17, 15) is 9.59 Å². The lowest BCUT2D eigenvalue weighted by atomic mass is 10.3. The number of hydrogen-bond donors (Lipinski definition) is 0. The van der Waals surface area contributed by atoms with Crippen molar-refractivity contribution in [2.24, 2.45) is 0 Å². The van der Waals surface area contributed by atoms with Crippen LogP contribution in [0.4, 0.5) is 0 Å². The van der Waals surface area contributed by atoms with E-state index in [-0.39, 0.29) is 24.5 Å². The van der Waals surface area contributed by atoms with Crippen molar-refractivity contribution in [3.05, 3.63) is 19.2 Å². The molecule has 1 heterocycles. The van der Waals surface area contributed by atoms with Crippen LogP contribution >= 0.6 is 43.2 Å². The van der Waals surface area contributed by atoms with Crippen LogP contribution in [0.3, 0.4) is 0 Å². The van der Waals surface area contributed by atoms with E-state index in [2.05, 4.69) is 31.9 Å². The second-order valence-corrected chi connectivity index (χ2v) is 7.43. The van der Waals surface area contributed by atoms with Crippen LogP contribution < -0.4 is 0 Å². The van der Waals surface area contributed by atoms with Gasteiger partial charge in [0.05, 0.1) is 15.3 Å². The number of rotatable bonds is 5. The van der Waals surface area contributed by atoms with E-state index in [1.165, 1.54) is 11.3 Å². The third kappa shape index (κ3) is 3.79. The molecular weight excluding hydrogens is 398 g/mol. The van der Waals surface area contributed by atoms with Crippen LogP contribution in [-0.4, -0.2) is 36.0 Å². The topological polar surface area (TPSA) is 46.6 Å². The Kier molecular flexibility index (Phi) is 5.03. The Morgan fingerprint density at radius 2 is 2.16 bits per heavy atom. The number of esters is 1. The summed E-state index contributed by atoms with van der Waals surface area (Å²) in [6, 6.07) is 1.95. The summed E-state index contributed by atoms with van der Waals surface area (Å²) in [6.07, 6.45) is 1.91. The fourth-order valence-electron chi connectivity index (χ4n) is 1.69. The first kappa shape index (κ1) is 15.0. The number of nitrogens with zero attached hydrogens (tertiary/aromatic N) is 1. The molecule has 0 aliphatic heterocycles. The Bertz CT molecular complexity index is 480. The average molecular weight is 411 g/mol. The smallest absolute Gasteiger partial charge is 0.325 e. The molecule has 0 atom stereocenters. The van der Waals surface area contributed by atoms with Crippen molar-refractivity contribution in [2.75, 3.05) is 13.2 Å². The van der Waals surface area contributed by atoms with E-state index in [4.69, 9.17) is 4.74 Å². The van der Waals surface area contributed by atoms with Gasteiger partial charge in [-0.2, -0.15) is 0 Å². The summed E-state index contributed by atoms with van der Waals surface area (Å²) in [6.45, 7) is 2.13. The maximum Gasteiger partial charge on any atom is 0.325 e. The fourth-order valence-corrected chi connectivity index (χ4v) is 3.68. The molecule has 0 spiro atoms. The molecule has 0 radical (unpaired) electrons. The summed E-state index contributed by atoms with van der Waals surface area (Å²) in [5.74, 6) is -0.454. The molecule has 0 aromatic carbocycles. The standard InChI is InChI=1S/C12H13Br2NO3S/c1-2-18-10(16)6-15(7-3-4-7)12(17)9-5-8(13)11(14)19-9/h5,7H,2-4,6H2,1H3. The van der Waals surface area contributed by atoms with Gasteiger partial charge in [0.15, 0.2) is 0 Å². The number of carbonyl (C=O) groups excluding carboxylic acids is 2. The molecule has 1 aromatic rings. The molecule has 1 fully saturated rings. The van der Waals surface area contributed by atoms with Gasteiger partial charge in [-0.15, -0.1) is 11.3 Å². The largest absolute Gasteiger partial charge is 0.465 e. The normalized spacial score (nSPS) is 14.3. The molecule has 0 N–H and O–H groups in total. The van der Waals surface area contributed by atoms with Crippen molar-refractivity contribution in [2.45, 2.75) is 25.8 Å². The molecule has 0 saturated heterocycles. The van der Waals surface area contributed by atoms with E-state index in [1.54, 1.807) is 17.9 Å². The van der Waals surface area contributed by atoms with E-state index in [1.807, 2.05) is 0 Å². The van der Waals surface area contributed by atoms with Crippen LogP contribution in [0.5, 0.6) is 0 Å². The second kappa shape index (κ2) is 6.37. The lowest BCUT2D eigenvalue weighted by Crippen LogP contribution is -2.37. The Hall–Kier alpha value is -0.400. The van der Waals surface area contributed by atoms with Crippen LogP contribution in [0.25, 0.3) is 0 Å². The van der Waals surface area contributed by atoms with Gasteiger partial charge >= 0.3 is 5.97 Å². The van der Waals surface area contributed by atoms with Crippen LogP contribution in [-0.2, 0) is 9.53 Å². The zero-order chi connectivity index (χ0) is 14.0. The summed E-state index contributed by atoms with van der Waals surface area (Å²) in [5, 5.41) is 0. The highest BCUT2D eigenvalue weighted by Gasteiger charge is 2.35. The Labute approximate surface area is 132 Å². The highest BCUT2D eigenvalue weighted by Crippen LogP contribution is 2.35. The lowest BCUT2D eigenvalue weighted by Gasteiger charge is -2.20. The third-order valence-electron chi connectivity index (χ3n) is 2.71. The van der Waals surface area contributed by atoms with Gasteiger partial charge in [0.1, 0.15) is 6.54 Å². The molecule has 1 aliphatic rings. The summed E-state index contributed by atoms with van der Waals surface area (Å²) in [7, 11) is 0. The first-order valence-electron chi connectivity index (χ1n) is 5.94. The Morgan fingerprint density at radius 3 is 2.63 bits per heavy atom. The lowest BCUT2D eigenvalue weighted by molar-refractivity contribution is -0.143. The highest BCUT2D eigenvalue weighted by atomic mass is 79.9. The molecule has 4 nitrogen and oxygen atoms in total. The minimum atomic E-state index is -0.350. The van der Waals surface area contributed by atoms with E-state index in [0.717, 1.165) is 21.1 Å². The van der Waals surface area contributed by atoms with Gasteiger partial charge in [0.2, 0.25) is 0 Å². The average Bonchev–Trinajstić information content (AvgIpc) is 3.13. The molecule has 1 aliphatic carbocycles. The van der Waals surface area contributed by atoms with Crippen molar-refractivity contribution in [3.63, 3.8) is 0 Å². The SMILES string of the molecule is CCOC(=O)CN(C(=O)c1cc(Br)c(Br)s1)C1CC1. The van der Waals surface area contributed by atoms with Crippen molar-refractivity contribution in [1.82, 2.24) is 4.90 Å². The number of hydrogen-bond acceptors (Lipinski definition) is 4. The monoisotopic (exact) mass is 409 g/mol. The molecule has 1 saturated carbocycles. The van der Waals surface area contributed by atoms with Crippen molar-refractivity contribution in [1.29, 1.82) is 0 Å². The summed E-state index contributed by atoms with van der Waals surface area (Å²) in [4.78, 5) is 26.2. The van der Waals surface area contributed by atoms with Crippen molar-refractivity contribution >= 4 is 55.1 Å². The van der Waals surface area contributed by atoms with Crippen molar-refractivity contribution in [3.8, 4) is 0 Å². The minimum absolute atomic E-state index is 0.0322. The number of amides is 1. The Balaban J connectivity index is 2.10. The molecular formula is C12H13Br2NO3S. The van der Waals surface area contributed by atoms with Crippen LogP contribution in [0, 0.1) is 0 Å².